The first-order chi connectivity index (χ1) is 9.70. The molecule has 1 aromatic rings. The van der Waals surface area contributed by atoms with Crippen LogP contribution in [0.2, 0.25) is 0 Å². The molecule has 0 aromatic heterocycles. The molecule has 0 amide bonds. The smallest absolute Gasteiger partial charge is 0.231 e. The molecule has 20 heavy (non-hydrogen) atoms. The zero-order valence-corrected chi connectivity index (χ0v) is 12.6. The van der Waals surface area contributed by atoms with Crippen LogP contribution in [0.15, 0.2) is 23.3 Å². The third-order valence-corrected chi connectivity index (χ3v) is 3.29. The number of nitrogens with one attached hydrogen (secondary N) is 1. The van der Waals surface area contributed by atoms with E-state index in [4.69, 9.17) is 21.7 Å². The Balaban J connectivity index is 1.90. The number of rotatable bonds is 5. The van der Waals surface area contributed by atoms with Crippen LogP contribution in [0.25, 0.3) is 0 Å². The lowest BCUT2D eigenvalue weighted by molar-refractivity contribution is 0.174. The molecule has 0 radical (unpaired) electrons. The molecule has 6 heteroatoms. The maximum absolute atomic E-state index is 5.32. The van der Waals surface area contributed by atoms with E-state index in [1.165, 1.54) is 0 Å². The van der Waals surface area contributed by atoms with Crippen LogP contribution in [-0.2, 0) is 0 Å². The average molecular weight is 293 g/mol. The molecular formula is C14H19N3O2S. The molecule has 1 aromatic carbocycles. The van der Waals surface area contributed by atoms with Gasteiger partial charge in [0.05, 0.1) is 6.21 Å². The summed E-state index contributed by atoms with van der Waals surface area (Å²) >= 11 is 5.24. The first kappa shape index (κ1) is 14.6. The second-order valence-corrected chi connectivity index (χ2v) is 4.85. The van der Waals surface area contributed by atoms with E-state index in [1.54, 1.807) is 11.2 Å². The highest BCUT2D eigenvalue weighted by Gasteiger charge is 2.12. The van der Waals surface area contributed by atoms with Crippen LogP contribution < -0.4 is 14.8 Å². The van der Waals surface area contributed by atoms with Crippen LogP contribution in [-0.4, -0.2) is 36.7 Å². The zero-order valence-electron chi connectivity index (χ0n) is 11.8. The van der Waals surface area contributed by atoms with E-state index >= 15 is 0 Å². The minimum absolute atomic E-state index is 0.279. The Hall–Kier alpha value is -1.82. The summed E-state index contributed by atoms with van der Waals surface area (Å²) in [5.74, 6) is 1.52. The summed E-state index contributed by atoms with van der Waals surface area (Å²) < 4.78 is 10.6. The zero-order chi connectivity index (χ0) is 14.4. The van der Waals surface area contributed by atoms with Crippen LogP contribution in [0.4, 0.5) is 0 Å². The van der Waals surface area contributed by atoms with E-state index in [-0.39, 0.29) is 6.79 Å². The molecule has 1 aliphatic heterocycles. The Morgan fingerprint density at radius 3 is 3.05 bits per heavy atom. The second kappa shape index (κ2) is 7.09. The lowest BCUT2D eigenvalue weighted by atomic mass is 10.2. The van der Waals surface area contributed by atoms with Crippen molar-refractivity contribution < 1.29 is 9.47 Å². The van der Waals surface area contributed by atoms with Crippen molar-refractivity contribution in [2.75, 3.05) is 20.4 Å². The van der Waals surface area contributed by atoms with Gasteiger partial charge in [-0.05, 0) is 42.4 Å². The molecule has 0 aliphatic carbocycles. The van der Waals surface area contributed by atoms with Crippen molar-refractivity contribution in [3.8, 4) is 11.5 Å². The molecular weight excluding hydrogens is 274 g/mol. The van der Waals surface area contributed by atoms with Gasteiger partial charge in [0.1, 0.15) is 0 Å². The number of hydrogen-bond donors (Lipinski definition) is 1. The van der Waals surface area contributed by atoms with Gasteiger partial charge in [-0.3, -0.25) is 0 Å². The van der Waals surface area contributed by atoms with Gasteiger partial charge in [-0.15, -0.1) is 0 Å². The average Bonchev–Trinajstić information content (AvgIpc) is 2.92. The van der Waals surface area contributed by atoms with Crippen LogP contribution in [0.3, 0.4) is 0 Å². The molecule has 1 N–H and O–H groups in total. The molecule has 0 atom stereocenters. The van der Waals surface area contributed by atoms with E-state index in [2.05, 4.69) is 17.3 Å². The van der Waals surface area contributed by atoms with Gasteiger partial charge in [-0.25, -0.2) is 5.01 Å². The number of nitrogens with zero attached hydrogens (tertiary/aromatic N) is 2. The van der Waals surface area contributed by atoms with Crippen LogP contribution in [0.1, 0.15) is 25.3 Å². The third kappa shape index (κ3) is 3.84. The maximum atomic E-state index is 5.32. The van der Waals surface area contributed by atoms with Crippen molar-refractivity contribution in [2.24, 2.45) is 5.10 Å². The first-order valence-electron chi connectivity index (χ1n) is 6.66. The number of unbranched alkanes of at least 4 members (excludes halogenated alkanes) is 1. The molecule has 1 aliphatic rings. The fourth-order valence-corrected chi connectivity index (χ4v) is 1.83. The Kier molecular flexibility index (Phi) is 5.17. The van der Waals surface area contributed by atoms with Crippen molar-refractivity contribution in [1.29, 1.82) is 0 Å². The summed E-state index contributed by atoms with van der Waals surface area (Å²) in [5, 5.41) is 9.74. The molecule has 5 nitrogen and oxygen atoms in total. The standard InChI is InChI=1S/C14H19N3O2S/c1-3-4-7-15-14(20)17(2)16-9-11-5-6-12-13(8-11)19-10-18-12/h5-6,8-9H,3-4,7,10H2,1-2H3,(H,15,20)/b16-9-. The minimum Gasteiger partial charge on any atom is -0.454 e. The fourth-order valence-electron chi connectivity index (χ4n) is 1.69. The summed E-state index contributed by atoms with van der Waals surface area (Å²) in [6.07, 6.45) is 3.98. The Morgan fingerprint density at radius 2 is 2.25 bits per heavy atom. The van der Waals surface area contributed by atoms with Gasteiger partial charge in [0.2, 0.25) is 6.79 Å². The van der Waals surface area contributed by atoms with Crippen molar-refractivity contribution in [2.45, 2.75) is 19.8 Å². The lowest BCUT2D eigenvalue weighted by Gasteiger charge is -2.15. The van der Waals surface area contributed by atoms with E-state index < -0.39 is 0 Å². The summed E-state index contributed by atoms with van der Waals surface area (Å²) in [4.78, 5) is 0. The van der Waals surface area contributed by atoms with Gasteiger partial charge in [0.25, 0.3) is 0 Å². The van der Waals surface area contributed by atoms with E-state index in [0.717, 1.165) is 36.4 Å². The SMILES string of the molecule is CCCCNC(=S)N(C)/N=C\c1ccc2c(c1)OCO2. The van der Waals surface area contributed by atoms with Gasteiger partial charge >= 0.3 is 0 Å². The highest BCUT2D eigenvalue weighted by molar-refractivity contribution is 7.80. The van der Waals surface area contributed by atoms with E-state index in [0.29, 0.717) is 5.11 Å². The molecule has 0 saturated carbocycles. The van der Waals surface area contributed by atoms with Gasteiger partial charge in [-0.1, -0.05) is 13.3 Å². The van der Waals surface area contributed by atoms with Crippen molar-refractivity contribution in [3.63, 3.8) is 0 Å². The van der Waals surface area contributed by atoms with Crippen LogP contribution >= 0.6 is 12.2 Å². The van der Waals surface area contributed by atoms with E-state index in [9.17, 15) is 0 Å². The van der Waals surface area contributed by atoms with Gasteiger partial charge in [0, 0.05) is 13.6 Å². The molecule has 2 rings (SSSR count). The highest BCUT2D eigenvalue weighted by Crippen LogP contribution is 2.31. The van der Waals surface area contributed by atoms with Crippen LogP contribution in [0.5, 0.6) is 11.5 Å². The highest BCUT2D eigenvalue weighted by atomic mass is 32.1. The van der Waals surface area contributed by atoms with Crippen LogP contribution in [0, 0.1) is 0 Å². The molecule has 1 heterocycles. The molecule has 0 spiro atoms. The summed E-state index contributed by atoms with van der Waals surface area (Å²) in [5.41, 5.74) is 0.942. The summed E-state index contributed by atoms with van der Waals surface area (Å²) in [7, 11) is 1.82. The monoisotopic (exact) mass is 293 g/mol. The number of hydrazone groups is 1. The minimum atomic E-state index is 0.279. The number of benzene rings is 1. The topological polar surface area (TPSA) is 46.1 Å². The second-order valence-electron chi connectivity index (χ2n) is 4.47. The predicted octanol–water partition coefficient (Wildman–Crippen LogP) is 2.36. The predicted molar refractivity (Wildman–Crippen MR) is 83.4 cm³/mol. The number of fused-ring (bicyclic) bond motifs is 1. The quantitative estimate of drug-likeness (QED) is 0.391. The summed E-state index contributed by atoms with van der Waals surface area (Å²) in [6, 6.07) is 5.70. The molecule has 0 unspecified atom stereocenters. The lowest BCUT2D eigenvalue weighted by Crippen LogP contribution is -2.34. The van der Waals surface area contributed by atoms with E-state index in [1.807, 2.05) is 25.2 Å². The Morgan fingerprint density at radius 1 is 1.45 bits per heavy atom. The number of ether oxygens (including phenoxy) is 2. The molecule has 0 saturated heterocycles. The van der Waals surface area contributed by atoms with Crippen molar-refractivity contribution in [1.82, 2.24) is 10.3 Å². The van der Waals surface area contributed by atoms with Gasteiger partial charge in [-0.2, -0.15) is 5.10 Å². The first-order valence-corrected chi connectivity index (χ1v) is 7.06. The molecule has 0 bridgehead atoms. The third-order valence-electron chi connectivity index (χ3n) is 2.88. The Labute approximate surface area is 124 Å². The number of thiocarbonyl (C=S) groups is 1. The van der Waals surface area contributed by atoms with Gasteiger partial charge < -0.3 is 14.8 Å². The normalized spacial score (nSPS) is 12.7. The fraction of sp³-hybridized carbons (Fsp3) is 0.429. The molecule has 108 valence electrons. The van der Waals surface area contributed by atoms with Gasteiger partial charge in [0.15, 0.2) is 16.6 Å². The summed E-state index contributed by atoms with van der Waals surface area (Å²) in [6.45, 7) is 3.30. The van der Waals surface area contributed by atoms with Crippen molar-refractivity contribution >= 4 is 23.5 Å². The molecule has 0 fully saturated rings. The van der Waals surface area contributed by atoms with Crippen molar-refractivity contribution in [3.05, 3.63) is 23.8 Å². The number of hydrogen-bond acceptors (Lipinski definition) is 4. The Bertz CT molecular complexity index is 505. The maximum Gasteiger partial charge on any atom is 0.231 e. The largest absolute Gasteiger partial charge is 0.454 e.